The van der Waals surface area contributed by atoms with Crippen LogP contribution in [0.3, 0.4) is 0 Å². The minimum atomic E-state index is -1.05. The molecule has 8 heterocycles. The van der Waals surface area contributed by atoms with Gasteiger partial charge in [0, 0.05) is 87.9 Å². The number of rotatable bonds is 19. The quantitative estimate of drug-likeness (QED) is 0.0483. The number of anilines is 2. The number of aliphatic hydroxyl groups is 2. The van der Waals surface area contributed by atoms with E-state index in [-0.39, 0.29) is 62.0 Å². The van der Waals surface area contributed by atoms with Gasteiger partial charge in [-0.25, -0.2) is 14.8 Å². The molecule has 3 amide bonds. The largest absolute Gasteiger partial charge is 0.462 e. The lowest BCUT2D eigenvalue weighted by molar-refractivity contribution is -0.143. The molecule has 20 nitrogen and oxygen atoms in total. The molecule has 4 saturated heterocycles. The van der Waals surface area contributed by atoms with Gasteiger partial charge < -0.3 is 44.6 Å². The van der Waals surface area contributed by atoms with E-state index in [4.69, 9.17) is 31.0 Å². The van der Waals surface area contributed by atoms with Crippen molar-refractivity contribution in [3.63, 3.8) is 0 Å². The molecule has 4 fully saturated rings. The molecule has 0 saturated carbocycles. The first-order valence-corrected chi connectivity index (χ1v) is 30.3. The zero-order chi connectivity index (χ0) is 57.1. The molecule has 82 heavy (non-hydrogen) atoms. The van der Waals surface area contributed by atoms with Crippen molar-refractivity contribution in [2.24, 2.45) is 5.41 Å². The number of β-amino-alcohol motifs (C(OH)–C–C–N with tert-alkyl or cyclic N) is 1. The van der Waals surface area contributed by atoms with E-state index in [1.807, 2.05) is 74.5 Å². The molecule has 436 valence electrons. The first-order chi connectivity index (χ1) is 39.6. The summed E-state index contributed by atoms with van der Waals surface area (Å²) >= 11 is 8.44. The highest BCUT2D eigenvalue weighted by molar-refractivity contribution is 7.13. The van der Waals surface area contributed by atoms with Gasteiger partial charge >= 0.3 is 12.0 Å². The number of carbonyl (C=O) groups is 3. The van der Waals surface area contributed by atoms with Crippen molar-refractivity contribution in [1.82, 2.24) is 55.0 Å². The Hall–Kier alpha value is -6.33. The third kappa shape index (κ3) is 12.5. The maximum Gasteiger partial charge on any atom is 0.346 e. The summed E-state index contributed by atoms with van der Waals surface area (Å²) in [6.45, 7) is 14.4. The first-order valence-electron chi connectivity index (χ1n) is 29.0. The lowest BCUT2D eigenvalue weighted by atomic mass is 9.77. The van der Waals surface area contributed by atoms with Crippen molar-refractivity contribution in [3.8, 4) is 16.5 Å². The van der Waals surface area contributed by atoms with Gasteiger partial charge in [0.2, 0.25) is 11.8 Å². The topological polar surface area (TPSA) is 220 Å². The Morgan fingerprint density at radius 3 is 2.56 bits per heavy atom. The number of nitrogens with zero attached hydrogens (tertiary/aromatic N) is 11. The summed E-state index contributed by atoms with van der Waals surface area (Å²) in [7, 11) is 0. The highest BCUT2D eigenvalue weighted by Crippen LogP contribution is 2.43. The normalized spacial score (nSPS) is 21.9. The Morgan fingerprint density at radius 2 is 1.80 bits per heavy atom. The summed E-state index contributed by atoms with van der Waals surface area (Å²) in [5, 5.41) is 35.1. The van der Waals surface area contributed by atoms with Crippen molar-refractivity contribution in [2.75, 3.05) is 75.4 Å². The first kappa shape index (κ1) is 57.5. The Labute approximate surface area is 488 Å². The Balaban J connectivity index is 0.678. The van der Waals surface area contributed by atoms with Crippen LogP contribution in [0.25, 0.3) is 21.2 Å². The van der Waals surface area contributed by atoms with Gasteiger partial charge in [0.15, 0.2) is 0 Å². The molecule has 6 aromatic rings. The Bertz CT molecular complexity index is 3210. The van der Waals surface area contributed by atoms with Crippen LogP contribution >= 0.6 is 22.9 Å². The summed E-state index contributed by atoms with van der Waals surface area (Å²) in [5.74, 6) is 0.203. The third-order valence-corrected chi connectivity index (χ3v) is 18.5. The van der Waals surface area contributed by atoms with Crippen molar-refractivity contribution in [1.29, 1.82) is 0 Å². The average Bonchev–Trinajstić information content (AvgIpc) is 4.28. The van der Waals surface area contributed by atoms with E-state index in [9.17, 15) is 24.6 Å². The number of piperidine rings is 1. The van der Waals surface area contributed by atoms with Crippen molar-refractivity contribution < 1.29 is 34.1 Å². The number of aromatic nitrogens is 6. The number of carbonyl (C=O) groups excluding carboxylic acids is 3. The standard InChI is InChI=1S/C60H76ClN13O7S/c1-39-52(82-38-64-39)42-17-15-40(16-18-42)31-63-55(77)49-30-44(75)32-72(49)56(78)53(59(2,3)4)67-50(76)20-29-80-28-9-25-69-23-7-12-43(69)34-81-57-66-47-33-70(48-14-6-11-41-10-5-13-46(61)51(41)48)26-19-45(47)54(68-57)71-24-8-21-60(35-71)22-27-73(60)58(79)74-37-62-36-65-74/h5-6,10-11,13-18,36-38,43-44,49-50,53,67,75-76H,7-9,12,19-35H2,1-4H3,(H,63,77)/t43-,44+,49-,50?,53+,60+/m0/s1. The second-order valence-corrected chi connectivity index (χ2v) is 25.0. The molecule has 3 aromatic heterocycles. The van der Waals surface area contributed by atoms with Crippen molar-refractivity contribution in [3.05, 3.63) is 106 Å². The van der Waals surface area contributed by atoms with Crippen molar-refractivity contribution in [2.45, 2.75) is 135 Å². The van der Waals surface area contributed by atoms with Crippen molar-refractivity contribution >= 4 is 63.1 Å². The number of thiazole rings is 1. The molecule has 5 aliphatic rings. The Kier molecular flexibility index (Phi) is 17.4. The van der Waals surface area contributed by atoms with E-state index in [0.29, 0.717) is 43.9 Å². The zero-order valence-electron chi connectivity index (χ0n) is 47.4. The van der Waals surface area contributed by atoms with Gasteiger partial charge in [0.25, 0.3) is 0 Å². The summed E-state index contributed by atoms with van der Waals surface area (Å²) in [4.78, 5) is 71.9. The van der Waals surface area contributed by atoms with Gasteiger partial charge in [-0.1, -0.05) is 80.9 Å². The number of hydrogen-bond donors (Lipinski definition) is 4. The third-order valence-electron chi connectivity index (χ3n) is 17.2. The van der Waals surface area contributed by atoms with Gasteiger partial charge in [-0.05, 0) is 92.5 Å². The SMILES string of the molecule is Cc1ncsc1-c1ccc(CNC(=O)[C@@H]2C[C@@H](O)CN2C(=O)[C@@H](NC(O)CCOCCCN2CCC[C@H]2COc2nc3c(c(N4CCC[C@@]5(CCN5C(=O)n5cncn5)C4)n2)CCN(c2cccc4cccc(Cl)c24)C3)C(C)(C)C)cc1. The van der Waals surface area contributed by atoms with Gasteiger partial charge in [0.1, 0.15) is 37.3 Å². The number of fused-ring (bicyclic) bond motifs is 2. The highest BCUT2D eigenvalue weighted by atomic mass is 35.5. The van der Waals surface area contributed by atoms with Crippen LogP contribution in [0.5, 0.6) is 6.01 Å². The van der Waals surface area contributed by atoms with E-state index in [2.05, 4.69) is 64.7 Å². The summed E-state index contributed by atoms with van der Waals surface area (Å²) in [6.07, 6.45) is 7.61. The lowest BCUT2D eigenvalue weighted by Crippen LogP contribution is -2.69. The summed E-state index contributed by atoms with van der Waals surface area (Å²) in [6, 6.07) is 19.0. The number of likely N-dealkylation sites (tertiary alicyclic amines) is 3. The van der Waals surface area contributed by atoms with Crippen LogP contribution in [0.4, 0.5) is 16.3 Å². The number of nitrogens with one attached hydrogen (secondary N) is 2. The molecule has 11 rings (SSSR count). The predicted molar refractivity (Wildman–Crippen MR) is 315 cm³/mol. The second kappa shape index (κ2) is 24.9. The monoisotopic (exact) mass is 1160 g/mol. The predicted octanol–water partition coefficient (Wildman–Crippen LogP) is 6.82. The number of benzene rings is 3. The fourth-order valence-electron chi connectivity index (χ4n) is 12.8. The molecule has 0 bridgehead atoms. The van der Waals surface area contributed by atoms with Gasteiger partial charge in [-0.2, -0.15) is 19.7 Å². The zero-order valence-corrected chi connectivity index (χ0v) is 49.0. The molecule has 4 N–H and O–H groups in total. The van der Waals surface area contributed by atoms with Crippen LogP contribution in [0.1, 0.15) is 94.7 Å². The summed E-state index contributed by atoms with van der Waals surface area (Å²) in [5.41, 5.74) is 6.93. The maximum absolute atomic E-state index is 14.3. The van der Waals surface area contributed by atoms with E-state index in [1.165, 1.54) is 22.2 Å². The molecule has 6 atom stereocenters. The molecular formula is C60H76ClN13O7S. The molecule has 22 heteroatoms. The number of halogens is 1. The van der Waals surface area contributed by atoms with Crippen LogP contribution in [0, 0.1) is 12.3 Å². The number of ether oxygens (including phenoxy) is 2. The average molecular weight is 1160 g/mol. The van der Waals surface area contributed by atoms with Crippen LogP contribution in [0.15, 0.2) is 78.8 Å². The number of amides is 3. The van der Waals surface area contributed by atoms with Gasteiger partial charge in [0.05, 0.1) is 57.6 Å². The molecule has 1 unspecified atom stereocenters. The smallest absolute Gasteiger partial charge is 0.346 e. The van der Waals surface area contributed by atoms with Crippen LogP contribution < -0.4 is 25.2 Å². The fraction of sp³-hybridized carbons (Fsp3) is 0.533. The van der Waals surface area contributed by atoms with E-state index in [1.54, 1.807) is 11.3 Å². The molecular weight excluding hydrogens is 1080 g/mol. The molecule has 3 aromatic carbocycles. The lowest BCUT2D eigenvalue weighted by Gasteiger charge is -2.56. The van der Waals surface area contributed by atoms with Crippen LogP contribution in [0.2, 0.25) is 5.02 Å². The van der Waals surface area contributed by atoms with Crippen LogP contribution in [-0.2, 0) is 33.8 Å². The van der Waals surface area contributed by atoms with E-state index < -0.39 is 29.8 Å². The minimum absolute atomic E-state index is 0.0268. The molecule has 1 spiro atoms. The number of aryl methyl sites for hydroxylation is 1. The molecule has 5 aliphatic heterocycles. The fourth-order valence-corrected chi connectivity index (χ4v) is 13.9. The molecule has 0 aliphatic carbocycles. The minimum Gasteiger partial charge on any atom is -0.462 e. The van der Waals surface area contributed by atoms with Crippen LogP contribution in [-0.4, -0.2) is 174 Å². The second-order valence-electron chi connectivity index (χ2n) is 23.8. The number of hydrogen-bond acceptors (Lipinski definition) is 17. The van der Waals surface area contributed by atoms with Gasteiger partial charge in [-0.15, -0.1) is 11.3 Å². The highest BCUT2D eigenvalue weighted by Gasteiger charge is 2.51. The number of aliphatic hydroxyl groups excluding tert-OH is 2. The van der Waals surface area contributed by atoms with Gasteiger partial charge in [-0.3, -0.25) is 19.8 Å². The van der Waals surface area contributed by atoms with E-state index in [0.717, 1.165) is 126 Å². The maximum atomic E-state index is 14.3. The van der Waals surface area contributed by atoms with E-state index >= 15 is 0 Å². The summed E-state index contributed by atoms with van der Waals surface area (Å²) < 4.78 is 14.0. The molecule has 0 radical (unpaired) electrons. The Morgan fingerprint density at radius 1 is 0.976 bits per heavy atom.